The van der Waals surface area contributed by atoms with Crippen LogP contribution in [0.3, 0.4) is 0 Å². The molecule has 0 unspecified atom stereocenters. The van der Waals surface area contributed by atoms with Gasteiger partial charge in [-0.25, -0.2) is 22.2 Å². The molecule has 3 aromatic rings. The minimum absolute atomic E-state index is 0.000642. The number of carbonyl (C=O) groups excluding carboxylic acids is 1. The zero-order chi connectivity index (χ0) is 21.5. The fourth-order valence-electron chi connectivity index (χ4n) is 3.60. The molecule has 156 valence electrons. The lowest BCUT2D eigenvalue weighted by Crippen LogP contribution is -2.34. The standard InChI is InChI=1S/C20H18F2N4O3S/c21-14-6-7-17(15(22)12-14)30(28,29)25-9-8-16-18(19(23)27)24-20(26(16)11-10-25)13-4-2-1-3-5-13/h1-7,12H,8-11H2,(H2,23,27). The molecule has 7 nitrogen and oxygen atoms in total. The van der Waals surface area contributed by atoms with Crippen LogP contribution in [-0.4, -0.2) is 41.3 Å². The number of fused-ring (bicyclic) bond motifs is 1. The summed E-state index contributed by atoms with van der Waals surface area (Å²) in [5.41, 5.74) is 6.86. The van der Waals surface area contributed by atoms with E-state index >= 15 is 0 Å². The largest absolute Gasteiger partial charge is 0.364 e. The van der Waals surface area contributed by atoms with E-state index in [2.05, 4.69) is 4.98 Å². The Morgan fingerprint density at radius 3 is 2.43 bits per heavy atom. The molecule has 0 fully saturated rings. The van der Waals surface area contributed by atoms with E-state index in [-0.39, 0.29) is 31.7 Å². The van der Waals surface area contributed by atoms with Gasteiger partial charge in [0, 0.05) is 37.7 Å². The van der Waals surface area contributed by atoms with Gasteiger partial charge in [0.15, 0.2) is 0 Å². The number of nitrogens with two attached hydrogens (primary N) is 1. The first-order valence-electron chi connectivity index (χ1n) is 9.19. The molecule has 0 saturated heterocycles. The number of halogens is 2. The van der Waals surface area contributed by atoms with E-state index in [9.17, 15) is 22.0 Å². The third kappa shape index (κ3) is 3.48. The molecule has 0 radical (unpaired) electrons. The maximum atomic E-state index is 14.1. The summed E-state index contributed by atoms with van der Waals surface area (Å²) >= 11 is 0. The van der Waals surface area contributed by atoms with Gasteiger partial charge in [-0.15, -0.1) is 0 Å². The maximum Gasteiger partial charge on any atom is 0.269 e. The first kappa shape index (κ1) is 20.2. The highest BCUT2D eigenvalue weighted by Gasteiger charge is 2.32. The highest BCUT2D eigenvalue weighted by Crippen LogP contribution is 2.27. The number of aromatic nitrogens is 2. The molecule has 1 aromatic heterocycles. The number of carbonyl (C=O) groups is 1. The second kappa shape index (κ2) is 7.62. The van der Waals surface area contributed by atoms with Crippen LogP contribution in [0.4, 0.5) is 8.78 Å². The highest BCUT2D eigenvalue weighted by atomic mass is 32.2. The fourth-order valence-corrected chi connectivity index (χ4v) is 5.08. The molecule has 1 aliphatic heterocycles. The average Bonchev–Trinajstić information content (AvgIpc) is 2.92. The summed E-state index contributed by atoms with van der Waals surface area (Å²) in [4.78, 5) is 15.7. The fraction of sp³-hybridized carbons (Fsp3) is 0.200. The van der Waals surface area contributed by atoms with Crippen molar-refractivity contribution in [3.8, 4) is 11.4 Å². The second-order valence-corrected chi connectivity index (χ2v) is 8.75. The molecule has 0 atom stereocenters. The number of nitrogens with zero attached hydrogens (tertiary/aromatic N) is 3. The normalized spacial score (nSPS) is 14.9. The lowest BCUT2D eigenvalue weighted by Gasteiger charge is -2.20. The molecule has 2 heterocycles. The zero-order valence-electron chi connectivity index (χ0n) is 15.8. The van der Waals surface area contributed by atoms with Crippen molar-refractivity contribution in [1.82, 2.24) is 13.9 Å². The van der Waals surface area contributed by atoms with Gasteiger partial charge in [-0.3, -0.25) is 4.79 Å². The second-order valence-electron chi connectivity index (χ2n) is 6.84. The zero-order valence-corrected chi connectivity index (χ0v) is 16.6. The number of primary amides is 1. The minimum Gasteiger partial charge on any atom is -0.364 e. The lowest BCUT2D eigenvalue weighted by molar-refractivity contribution is 0.0995. The Balaban J connectivity index is 1.72. The van der Waals surface area contributed by atoms with E-state index in [1.165, 1.54) is 0 Å². The molecule has 4 rings (SSSR count). The maximum absolute atomic E-state index is 14.1. The Morgan fingerprint density at radius 1 is 1.03 bits per heavy atom. The van der Waals surface area contributed by atoms with Gasteiger partial charge in [0.25, 0.3) is 5.91 Å². The number of imidazole rings is 1. The van der Waals surface area contributed by atoms with E-state index in [1.807, 2.05) is 30.3 Å². The first-order valence-corrected chi connectivity index (χ1v) is 10.6. The molecule has 0 bridgehead atoms. The van der Waals surface area contributed by atoms with Crippen molar-refractivity contribution in [2.24, 2.45) is 5.73 Å². The lowest BCUT2D eigenvalue weighted by atomic mass is 10.2. The van der Waals surface area contributed by atoms with Gasteiger partial charge >= 0.3 is 0 Å². The van der Waals surface area contributed by atoms with Crippen LogP contribution in [0.15, 0.2) is 53.4 Å². The van der Waals surface area contributed by atoms with Crippen molar-refractivity contribution in [2.45, 2.75) is 17.9 Å². The smallest absolute Gasteiger partial charge is 0.269 e. The van der Waals surface area contributed by atoms with Gasteiger partial charge in [-0.2, -0.15) is 4.31 Å². The number of benzene rings is 2. The third-order valence-electron chi connectivity index (χ3n) is 5.02. The van der Waals surface area contributed by atoms with Gasteiger partial charge in [-0.1, -0.05) is 30.3 Å². The Morgan fingerprint density at radius 2 is 1.77 bits per heavy atom. The predicted molar refractivity (Wildman–Crippen MR) is 105 cm³/mol. The summed E-state index contributed by atoms with van der Waals surface area (Å²) in [6.07, 6.45) is 0.167. The van der Waals surface area contributed by atoms with Gasteiger partial charge < -0.3 is 10.3 Å². The van der Waals surface area contributed by atoms with Crippen molar-refractivity contribution < 1.29 is 22.0 Å². The van der Waals surface area contributed by atoms with Gasteiger partial charge in [0.05, 0.1) is 5.69 Å². The van der Waals surface area contributed by atoms with Crippen molar-refractivity contribution in [2.75, 3.05) is 13.1 Å². The van der Waals surface area contributed by atoms with Crippen LogP contribution in [0.5, 0.6) is 0 Å². The van der Waals surface area contributed by atoms with E-state index in [0.717, 1.165) is 22.0 Å². The molecule has 30 heavy (non-hydrogen) atoms. The van der Waals surface area contributed by atoms with Gasteiger partial charge in [0.2, 0.25) is 10.0 Å². The number of rotatable bonds is 4. The summed E-state index contributed by atoms with van der Waals surface area (Å²) in [7, 11) is -4.20. The van der Waals surface area contributed by atoms with Crippen molar-refractivity contribution in [3.05, 3.63) is 71.6 Å². The van der Waals surface area contributed by atoms with Crippen LogP contribution in [0.25, 0.3) is 11.4 Å². The van der Waals surface area contributed by atoms with Crippen LogP contribution >= 0.6 is 0 Å². The van der Waals surface area contributed by atoms with Crippen molar-refractivity contribution in [3.63, 3.8) is 0 Å². The van der Waals surface area contributed by atoms with E-state index in [0.29, 0.717) is 17.6 Å². The topological polar surface area (TPSA) is 98.3 Å². The summed E-state index contributed by atoms with van der Waals surface area (Å²) in [6.45, 7) is 0.224. The van der Waals surface area contributed by atoms with Crippen LogP contribution in [-0.2, 0) is 23.0 Å². The third-order valence-corrected chi connectivity index (χ3v) is 6.95. The van der Waals surface area contributed by atoms with Crippen LogP contribution in [0.1, 0.15) is 16.2 Å². The molecule has 0 aliphatic carbocycles. The summed E-state index contributed by atoms with van der Waals surface area (Å²) in [5.74, 6) is -2.21. The summed E-state index contributed by atoms with van der Waals surface area (Å²) < 4.78 is 56.2. The van der Waals surface area contributed by atoms with Crippen molar-refractivity contribution in [1.29, 1.82) is 0 Å². The molecular formula is C20H18F2N4O3S. The van der Waals surface area contributed by atoms with E-state index in [4.69, 9.17) is 5.73 Å². The molecule has 2 N–H and O–H groups in total. The van der Waals surface area contributed by atoms with Crippen LogP contribution in [0.2, 0.25) is 0 Å². The molecule has 1 aliphatic rings. The molecule has 1 amide bonds. The predicted octanol–water partition coefficient (Wildman–Crippen LogP) is 2.17. The number of sulfonamides is 1. The molecule has 10 heteroatoms. The molecular weight excluding hydrogens is 414 g/mol. The SMILES string of the molecule is NC(=O)c1nc(-c2ccccc2)n2c1CCN(S(=O)(=O)c1ccc(F)cc1F)CC2. The number of hydrogen-bond donors (Lipinski definition) is 1. The Labute approximate surface area is 171 Å². The molecule has 0 spiro atoms. The summed E-state index contributed by atoms with van der Waals surface area (Å²) in [5, 5.41) is 0. The summed E-state index contributed by atoms with van der Waals surface area (Å²) in [6, 6.07) is 11.5. The highest BCUT2D eigenvalue weighted by molar-refractivity contribution is 7.89. The average molecular weight is 432 g/mol. The molecule has 0 saturated carbocycles. The van der Waals surface area contributed by atoms with E-state index in [1.54, 1.807) is 4.57 Å². The number of amides is 1. The molecule has 2 aromatic carbocycles. The van der Waals surface area contributed by atoms with Gasteiger partial charge in [0.1, 0.15) is 28.0 Å². The van der Waals surface area contributed by atoms with Gasteiger partial charge in [-0.05, 0) is 12.1 Å². The monoisotopic (exact) mass is 432 g/mol. The van der Waals surface area contributed by atoms with Crippen LogP contribution in [0, 0.1) is 11.6 Å². The number of hydrogen-bond acceptors (Lipinski definition) is 4. The first-order chi connectivity index (χ1) is 14.3. The Kier molecular flexibility index (Phi) is 5.12. The Hall–Kier alpha value is -3.11. The Bertz CT molecular complexity index is 1230. The van der Waals surface area contributed by atoms with Crippen molar-refractivity contribution >= 4 is 15.9 Å². The van der Waals surface area contributed by atoms with Crippen LogP contribution < -0.4 is 5.73 Å². The minimum atomic E-state index is -4.20. The van der Waals surface area contributed by atoms with E-state index < -0.39 is 32.5 Å². The quantitative estimate of drug-likeness (QED) is 0.683.